The summed E-state index contributed by atoms with van der Waals surface area (Å²) in [6, 6.07) is 2.91. The number of nitrogens with two attached hydrogens (primary N) is 1. The van der Waals surface area contributed by atoms with E-state index in [-0.39, 0.29) is 16.3 Å². The molecule has 2 aromatic rings. The highest BCUT2D eigenvalue weighted by molar-refractivity contribution is 7.92. The van der Waals surface area contributed by atoms with Crippen molar-refractivity contribution in [2.45, 2.75) is 32.2 Å². The van der Waals surface area contributed by atoms with Crippen LogP contribution < -0.4 is 10.5 Å². The molecule has 0 aliphatic heterocycles. The van der Waals surface area contributed by atoms with Crippen LogP contribution in [0.1, 0.15) is 28.7 Å². The normalized spacial score (nSPS) is 11.4. The lowest BCUT2D eigenvalue weighted by molar-refractivity contribution is 0.100. The van der Waals surface area contributed by atoms with E-state index in [0.717, 1.165) is 0 Å². The second kappa shape index (κ2) is 5.76. The fourth-order valence-corrected chi connectivity index (χ4v) is 3.68. The van der Waals surface area contributed by atoms with Gasteiger partial charge in [0.05, 0.1) is 17.0 Å². The number of anilines is 1. The third-order valence-corrected chi connectivity index (χ3v) is 4.78. The SMILES string of the molecule is CCn1nc(C)c(S(=O)(=O)Nc2ncccc2C(N)=O)c1C. The Kier molecular flexibility index (Phi) is 4.18. The standard InChI is InChI=1S/C13H17N5O3S/c1-4-18-9(3)11(8(2)16-18)22(20,21)17-13-10(12(14)19)6-5-7-15-13/h5-7H,4H2,1-3H3,(H2,14,19)(H,15,17). The van der Waals surface area contributed by atoms with E-state index in [1.54, 1.807) is 18.5 Å². The van der Waals surface area contributed by atoms with Crippen LogP contribution in [0.15, 0.2) is 23.2 Å². The van der Waals surface area contributed by atoms with E-state index in [0.29, 0.717) is 17.9 Å². The van der Waals surface area contributed by atoms with Crippen molar-refractivity contribution in [3.8, 4) is 0 Å². The molecule has 9 heteroatoms. The predicted octanol–water partition coefficient (Wildman–Crippen LogP) is 0.815. The van der Waals surface area contributed by atoms with Gasteiger partial charge in [-0.2, -0.15) is 5.10 Å². The first-order valence-corrected chi connectivity index (χ1v) is 8.08. The highest BCUT2D eigenvalue weighted by Crippen LogP contribution is 2.23. The Hall–Kier alpha value is -2.42. The Balaban J connectivity index is 2.50. The van der Waals surface area contributed by atoms with Gasteiger partial charge in [-0.25, -0.2) is 13.4 Å². The summed E-state index contributed by atoms with van der Waals surface area (Å²) >= 11 is 0. The van der Waals surface area contributed by atoms with Gasteiger partial charge in [0.15, 0.2) is 5.82 Å². The van der Waals surface area contributed by atoms with Crippen molar-refractivity contribution >= 4 is 21.7 Å². The molecule has 0 spiro atoms. The van der Waals surface area contributed by atoms with Gasteiger partial charge in [0.25, 0.3) is 15.9 Å². The van der Waals surface area contributed by atoms with Crippen LogP contribution in [0.5, 0.6) is 0 Å². The quantitative estimate of drug-likeness (QED) is 0.844. The maximum atomic E-state index is 12.6. The molecule has 0 atom stereocenters. The van der Waals surface area contributed by atoms with E-state index >= 15 is 0 Å². The number of primary amides is 1. The highest BCUT2D eigenvalue weighted by Gasteiger charge is 2.26. The Morgan fingerprint density at radius 1 is 1.41 bits per heavy atom. The summed E-state index contributed by atoms with van der Waals surface area (Å²) < 4.78 is 29.1. The largest absolute Gasteiger partial charge is 0.365 e. The molecule has 0 bridgehead atoms. The van der Waals surface area contributed by atoms with Crippen molar-refractivity contribution in [3.63, 3.8) is 0 Å². The minimum atomic E-state index is -3.92. The van der Waals surface area contributed by atoms with Crippen LogP contribution in [0.4, 0.5) is 5.82 Å². The molecule has 2 heterocycles. The lowest BCUT2D eigenvalue weighted by atomic mass is 10.2. The van der Waals surface area contributed by atoms with Gasteiger partial charge in [0.2, 0.25) is 0 Å². The van der Waals surface area contributed by atoms with Crippen LogP contribution in [-0.4, -0.2) is 29.1 Å². The van der Waals surface area contributed by atoms with Gasteiger partial charge in [0.1, 0.15) is 4.90 Å². The average molecular weight is 323 g/mol. The second-order valence-corrected chi connectivity index (χ2v) is 6.30. The summed E-state index contributed by atoms with van der Waals surface area (Å²) in [7, 11) is -3.92. The minimum Gasteiger partial charge on any atom is -0.365 e. The van der Waals surface area contributed by atoms with Crippen molar-refractivity contribution in [2.24, 2.45) is 5.73 Å². The van der Waals surface area contributed by atoms with Crippen molar-refractivity contribution in [3.05, 3.63) is 35.3 Å². The molecule has 0 unspecified atom stereocenters. The van der Waals surface area contributed by atoms with Crippen LogP contribution >= 0.6 is 0 Å². The van der Waals surface area contributed by atoms with E-state index in [4.69, 9.17) is 5.73 Å². The molecule has 8 nitrogen and oxygen atoms in total. The molecule has 0 fully saturated rings. The summed E-state index contributed by atoms with van der Waals surface area (Å²) in [5.41, 5.74) is 6.13. The highest BCUT2D eigenvalue weighted by atomic mass is 32.2. The maximum Gasteiger partial charge on any atom is 0.266 e. The molecule has 0 saturated heterocycles. The Bertz CT molecular complexity index is 826. The van der Waals surface area contributed by atoms with Crippen molar-refractivity contribution in [2.75, 3.05) is 4.72 Å². The van der Waals surface area contributed by atoms with Gasteiger partial charge in [-0.05, 0) is 32.9 Å². The second-order valence-electron chi connectivity index (χ2n) is 4.69. The average Bonchev–Trinajstić information content (AvgIpc) is 2.73. The van der Waals surface area contributed by atoms with Crippen molar-refractivity contribution in [1.82, 2.24) is 14.8 Å². The molecule has 22 heavy (non-hydrogen) atoms. The summed E-state index contributed by atoms with van der Waals surface area (Å²) in [5, 5.41) is 4.18. The number of sulfonamides is 1. The number of rotatable bonds is 5. The van der Waals surface area contributed by atoms with E-state index in [9.17, 15) is 13.2 Å². The van der Waals surface area contributed by atoms with Crippen LogP contribution in [-0.2, 0) is 16.6 Å². The molecule has 2 rings (SSSR count). The van der Waals surface area contributed by atoms with E-state index in [1.165, 1.54) is 18.3 Å². The first kappa shape index (κ1) is 16.0. The zero-order valence-electron chi connectivity index (χ0n) is 12.5. The summed E-state index contributed by atoms with van der Waals surface area (Å²) in [6.45, 7) is 5.71. The number of amides is 1. The topological polar surface area (TPSA) is 120 Å². The molecule has 0 radical (unpaired) electrons. The number of pyridine rings is 1. The summed E-state index contributed by atoms with van der Waals surface area (Å²) in [6.07, 6.45) is 1.37. The number of hydrogen-bond acceptors (Lipinski definition) is 5. The van der Waals surface area contributed by atoms with Gasteiger partial charge in [-0.15, -0.1) is 0 Å². The molecular weight excluding hydrogens is 306 g/mol. The molecule has 118 valence electrons. The zero-order valence-corrected chi connectivity index (χ0v) is 13.3. The lowest BCUT2D eigenvalue weighted by Crippen LogP contribution is -2.20. The molecule has 2 aromatic heterocycles. The van der Waals surface area contributed by atoms with Gasteiger partial charge < -0.3 is 5.73 Å². The maximum absolute atomic E-state index is 12.6. The smallest absolute Gasteiger partial charge is 0.266 e. The van der Waals surface area contributed by atoms with Gasteiger partial charge >= 0.3 is 0 Å². The number of carbonyl (C=O) groups excluding carboxylic acids is 1. The molecule has 0 saturated carbocycles. The number of carbonyl (C=O) groups is 1. The first-order chi connectivity index (χ1) is 10.3. The van der Waals surface area contributed by atoms with E-state index < -0.39 is 15.9 Å². The van der Waals surface area contributed by atoms with Crippen LogP contribution in [0.3, 0.4) is 0 Å². The molecular formula is C13H17N5O3S. The molecule has 0 aromatic carbocycles. The van der Waals surface area contributed by atoms with Crippen molar-refractivity contribution < 1.29 is 13.2 Å². The third-order valence-electron chi connectivity index (χ3n) is 3.19. The fraction of sp³-hybridized carbons (Fsp3) is 0.308. The number of hydrogen-bond donors (Lipinski definition) is 2. The fourth-order valence-electron chi connectivity index (χ4n) is 2.24. The van der Waals surface area contributed by atoms with Gasteiger partial charge in [-0.1, -0.05) is 0 Å². The number of nitrogens with one attached hydrogen (secondary N) is 1. The Morgan fingerprint density at radius 2 is 2.09 bits per heavy atom. The third kappa shape index (κ3) is 2.80. The van der Waals surface area contributed by atoms with Crippen LogP contribution in [0.25, 0.3) is 0 Å². The first-order valence-electron chi connectivity index (χ1n) is 6.59. The molecule has 0 aliphatic rings. The van der Waals surface area contributed by atoms with Crippen LogP contribution in [0, 0.1) is 13.8 Å². The Labute approximate surface area is 128 Å². The van der Waals surface area contributed by atoms with Gasteiger partial charge in [0, 0.05) is 12.7 Å². The van der Waals surface area contributed by atoms with Gasteiger partial charge in [-0.3, -0.25) is 14.2 Å². The number of aryl methyl sites for hydroxylation is 2. The van der Waals surface area contributed by atoms with Crippen molar-refractivity contribution in [1.29, 1.82) is 0 Å². The minimum absolute atomic E-state index is 0.00395. The summed E-state index contributed by atoms with van der Waals surface area (Å²) in [5.74, 6) is -0.860. The number of nitrogens with zero attached hydrogens (tertiary/aromatic N) is 3. The molecule has 3 N–H and O–H groups in total. The van der Waals surface area contributed by atoms with E-state index in [2.05, 4.69) is 14.8 Å². The molecule has 1 amide bonds. The Morgan fingerprint density at radius 3 is 2.64 bits per heavy atom. The predicted molar refractivity (Wildman–Crippen MR) is 80.9 cm³/mol. The number of aromatic nitrogens is 3. The van der Waals surface area contributed by atoms with Crippen LogP contribution in [0.2, 0.25) is 0 Å². The van der Waals surface area contributed by atoms with E-state index in [1.807, 2.05) is 6.92 Å². The molecule has 0 aliphatic carbocycles. The monoisotopic (exact) mass is 323 g/mol. The lowest BCUT2D eigenvalue weighted by Gasteiger charge is -2.10. The summed E-state index contributed by atoms with van der Waals surface area (Å²) in [4.78, 5) is 15.3. The zero-order chi connectivity index (χ0) is 16.5.